The number of thiophene rings is 1. The number of nitrogens with zero attached hydrogens (tertiary/aromatic N) is 1. The molecule has 1 aromatic heterocycles. The largest absolute Gasteiger partial charge is 0.496 e. The number of methoxy groups -OCH3 is 1. The third-order valence-corrected chi connectivity index (χ3v) is 6.95. The van der Waals surface area contributed by atoms with Crippen molar-refractivity contribution in [1.82, 2.24) is 10.2 Å². The number of fused-ring (bicyclic) bond motifs is 4. The van der Waals surface area contributed by atoms with Gasteiger partial charge in [0, 0.05) is 17.0 Å². The minimum absolute atomic E-state index is 0.101. The van der Waals surface area contributed by atoms with E-state index < -0.39 is 6.17 Å². The summed E-state index contributed by atoms with van der Waals surface area (Å²) in [5.41, 5.74) is 2.62. The number of benzene rings is 2. The normalized spacial score (nSPS) is 17.4. The molecule has 0 saturated heterocycles. The van der Waals surface area contributed by atoms with Gasteiger partial charge in [-0.05, 0) is 35.7 Å². The first kappa shape index (κ1) is 19.7. The summed E-state index contributed by atoms with van der Waals surface area (Å²) in [6, 6.07) is 12.0. The summed E-state index contributed by atoms with van der Waals surface area (Å²) in [5.74, 6) is 0.616. The molecule has 8 heteroatoms. The highest BCUT2D eigenvalue weighted by Gasteiger charge is 2.35. The van der Waals surface area contributed by atoms with Gasteiger partial charge in [0.2, 0.25) is 0 Å². The van der Waals surface area contributed by atoms with Crippen LogP contribution in [0.2, 0.25) is 0 Å². The topological polar surface area (TPSA) is 79.9 Å². The molecule has 0 radical (unpaired) electrons. The third-order valence-electron chi connectivity index (χ3n) is 5.80. The Morgan fingerprint density at radius 2 is 2.06 bits per heavy atom. The minimum atomic E-state index is -0.415. The zero-order valence-electron chi connectivity index (χ0n) is 17.4. The summed E-state index contributed by atoms with van der Waals surface area (Å²) in [6.07, 6.45) is -0.0882. The van der Waals surface area contributed by atoms with Crippen LogP contribution in [-0.4, -0.2) is 37.2 Å². The zero-order valence-corrected chi connectivity index (χ0v) is 18.2. The number of amides is 2. The molecule has 0 spiro atoms. The molecule has 0 unspecified atom stereocenters. The monoisotopic (exact) mass is 437 g/mol. The number of rotatable bonds is 3. The lowest BCUT2D eigenvalue weighted by Gasteiger charge is -2.29. The Bertz CT molecular complexity index is 1190. The Kier molecular flexibility index (Phi) is 4.94. The van der Waals surface area contributed by atoms with E-state index in [2.05, 4.69) is 10.6 Å². The fourth-order valence-corrected chi connectivity index (χ4v) is 5.67. The first-order chi connectivity index (χ1) is 15.1. The number of hydrogen-bond acceptors (Lipinski definition) is 6. The average Bonchev–Trinajstić information content (AvgIpc) is 3.16. The second-order valence-electron chi connectivity index (χ2n) is 7.53. The molecule has 7 nitrogen and oxygen atoms in total. The van der Waals surface area contributed by atoms with Gasteiger partial charge in [0.1, 0.15) is 16.9 Å². The zero-order chi connectivity index (χ0) is 21.5. The first-order valence-corrected chi connectivity index (χ1v) is 11.1. The Labute approximate surface area is 183 Å². The molecule has 5 rings (SSSR count). The van der Waals surface area contributed by atoms with Crippen LogP contribution in [0.1, 0.15) is 39.5 Å². The van der Waals surface area contributed by atoms with Gasteiger partial charge in [-0.2, -0.15) is 0 Å². The van der Waals surface area contributed by atoms with Crippen LogP contribution in [0, 0.1) is 0 Å². The number of carbonyl (C=O) groups excluding carboxylic acids is 2. The van der Waals surface area contributed by atoms with Crippen molar-refractivity contribution < 1.29 is 19.1 Å². The Hall–Kier alpha value is -3.26. The standard InChI is InChI=1S/C23H23N3O4S/c1-3-30-23(28)26-11-10-15-17(12-26)31-22-19(15)21(27)24-20(25-22)18-14-7-5-4-6-13(14)8-9-16(18)29-2/h4-9,20,25H,3,10-12H2,1-2H3,(H,24,27)/t20-/m1/s1. The average molecular weight is 438 g/mol. The van der Waals surface area contributed by atoms with Gasteiger partial charge in [0.25, 0.3) is 5.91 Å². The molecule has 2 amide bonds. The van der Waals surface area contributed by atoms with E-state index in [-0.39, 0.29) is 12.0 Å². The number of hydrogen-bond donors (Lipinski definition) is 2. The van der Waals surface area contributed by atoms with E-state index >= 15 is 0 Å². The maximum Gasteiger partial charge on any atom is 0.410 e. The van der Waals surface area contributed by atoms with Gasteiger partial charge in [0.05, 0.1) is 25.8 Å². The van der Waals surface area contributed by atoms with E-state index in [4.69, 9.17) is 9.47 Å². The molecular weight excluding hydrogens is 414 g/mol. The molecule has 0 saturated carbocycles. The van der Waals surface area contributed by atoms with E-state index in [0.29, 0.717) is 31.7 Å². The summed E-state index contributed by atoms with van der Waals surface area (Å²) in [5, 5.41) is 9.56. The minimum Gasteiger partial charge on any atom is -0.496 e. The van der Waals surface area contributed by atoms with Crippen molar-refractivity contribution in [1.29, 1.82) is 0 Å². The Morgan fingerprint density at radius 1 is 1.23 bits per heavy atom. The summed E-state index contributed by atoms with van der Waals surface area (Å²) >= 11 is 1.54. The predicted octanol–water partition coefficient (Wildman–Crippen LogP) is 4.28. The highest BCUT2D eigenvalue weighted by atomic mass is 32.1. The van der Waals surface area contributed by atoms with Crippen LogP contribution in [0.4, 0.5) is 9.80 Å². The third kappa shape index (κ3) is 3.27. The molecule has 1 atom stereocenters. The molecule has 3 aromatic rings. The number of ether oxygens (including phenoxy) is 2. The summed E-state index contributed by atoms with van der Waals surface area (Å²) < 4.78 is 10.8. The van der Waals surface area contributed by atoms with Crippen molar-refractivity contribution in [3.63, 3.8) is 0 Å². The molecule has 31 heavy (non-hydrogen) atoms. The van der Waals surface area contributed by atoms with Crippen molar-refractivity contribution in [3.05, 3.63) is 58.0 Å². The SMILES string of the molecule is CCOC(=O)N1CCc2c(sc3c2C(=O)N[C@@H](c2c(OC)ccc4ccccc24)N3)C1. The summed E-state index contributed by atoms with van der Waals surface area (Å²) in [6.45, 7) is 3.15. The van der Waals surface area contributed by atoms with Gasteiger partial charge in [-0.15, -0.1) is 11.3 Å². The highest BCUT2D eigenvalue weighted by molar-refractivity contribution is 7.16. The van der Waals surface area contributed by atoms with Gasteiger partial charge in [0.15, 0.2) is 0 Å². The van der Waals surface area contributed by atoms with Crippen LogP contribution in [0.15, 0.2) is 36.4 Å². The van der Waals surface area contributed by atoms with Gasteiger partial charge in [-0.25, -0.2) is 4.79 Å². The fraction of sp³-hybridized carbons (Fsp3) is 0.304. The van der Waals surface area contributed by atoms with Crippen molar-refractivity contribution in [2.45, 2.75) is 26.1 Å². The molecule has 3 heterocycles. The number of anilines is 1. The van der Waals surface area contributed by atoms with Gasteiger partial charge < -0.3 is 25.0 Å². The molecular formula is C23H23N3O4S. The van der Waals surface area contributed by atoms with E-state index in [1.54, 1.807) is 18.9 Å². The van der Waals surface area contributed by atoms with Crippen molar-refractivity contribution in [2.75, 3.05) is 25.6 Å². The second kappa shape index (κ2) is 7.77. The van der Waals surface area contributed by atoms with Crippen LogP contribution in [0.3, 0.4) is 0 Å². The van der Waals surface area contributed by atoms with E-state index in [0.717, 1.165) is 37.5 Å². The van der Waals surface area contributed by atoms with Crippen LogP contribution in [-0.2, 0) is 17.7 Å². The van der Waals surface area contributed by atoms with E-state index in [9.17, 15) is 9.59 Å². The molecule has 0 aliphatic carbocycles. The molecule has 2 N–H and O–H groups in total. The molecule has 2 aliphatic heterocycles. The van der Waals surface area contributed by atoms with Crippen molar-refractivity contribution >= 4 is 39.1 Å². The van der Waals surface area contributed by atoms with Gasteiger partial charge >= 0.3 is 6.09 Å². The molecule has 160 valence electrons. The fourth-order valence-electron chi connectivity index (χ4n) is 4.38. The maximum atomic E-state index is 13.2. The number of nitrogens with one attached hydrogen (secondary N) is 2. The van der Waals surface area contributed by atoms with Crippen molar-refractivity contribution in [2.24, 2.45) is 0 Å². The quantitative estimate of drug-likeness (QED) is 0.639. The molecule has 2 aromatic carbocycles. The van der Waals surface area contributed by atoms with Gasteiger partial charge in [-0.1, -0.05) is 30.3 Å². The van der Waals surface area contributed by atoms with Crippen LogP contribution >= 0.6 is 11.3 Å². The Morgan fingerprint density at radius 3 is 2.87 bits per heavy atom. The molecule has 2 aliphatic rings. The maximum absolute atomic E-state index is 13.2. The first-order valence-electron chi connectivity index (χ1n) is 10.3. The summed E-state index contributed by atoms with van der Waals surface area (Å²) in [4.78, 5) is 28.0. The molecule has 0 fully saturated rings. The van der Waals surface area contributed by atoms with Crippen LogP contribution < -0.4 is 15.4 Å². The van der Waals surface area contributed by atoms with Crippen LogP contribution in [0.5, 0.6) is 5.75 Å². The highest BCUT2D eigenvalue weighted by Crippen LogP contribution is 2.43. The number of carbonyl (C=O) groups is 2. The van der Waals surface area contributed by atoms with E-state index in [1.165, 1.54) is 11.3 Å². The van der Waals surface area contributed by atoms with E-state index in [1.807, 2.05) is 36.4 Å². The smallest absolute Gasteiger partial charge is 0.410 e. The lowest BCUT2D eigenvalue weighted by atomic mass is 9.98. The predicted molar refractivity (Wildman–Crippen MR) is 120 cm³/mol. The van der Waals surface area contributed by atoms with Crippen molar-refractivity contribution in [3.8, 4) is 5.75 Å². The molecule has 0 bridgehead atoms. The lowest BCUT2D eigenvalue weighted by Crippen LogP contribution is -2.39. The lowest BCUT2D eigenvalue weighted by molar-refractivity contribution is 0.0934. The van der Waals surface area contributed by atoms with Gasteiger partial charge in [-0.3, -0.25) is 4.79 Å². The second-order valence-corrected chi connectivity index (χ2v) is 8.64. The van der Waals surface area contributed by atoms with Crippen LogP contribution in [0.25, 0.3) is 10.8 Å². The summed E-state index contributed by atoms with van der Waals surface area (Å²) in [7, 11) is 1.64. The Balaban J connectivity index is 1.51.